The van der Waals surface area contributed by atoms with Crippen molar-refractivity contribution >= 4 is 6.21 Å². The third-order valence-electron chi connectivity index (χ3n) is 3.09. The highest BCUT2D eigenvalue weighted by Crippen LogP contribution is 2.20. The van der Waals surface area contributed by atoms with Gasteiger partial charge in [-0.1, -0.05) is 37.3 Å². The van der Waals surface area contributed by atoms with Crippen LogP contribution in [0.5, 0.6) is 0 Å². The van der Waals surface area contributed by atoms with Gasteiger partial charge in [-0.05, 0) is 30.5 Å². The zero-order chi connectivity index (χ0) is 11.2. The lowest BCUT2D eigenvalue weighted by molar-refractivity contribution is 0.444. The van der Waals surface area contributed by atoms with E-state index in [1.165, 1.54) is 32.1 Å². The summed E-state index contributed by atoms with van der Waals surface area (Å²) in [5.41, 5.74) is 2.07. The second-order valence-corrected chi connectivity index (χ2v) is 4.34. The van der Waals surface area contributed by atoms with Crippen LogP contribution in [-0.4, -0.2) is 12.3 Å². The number of hydrogen-bond acceptors (Lipinski definition) is 1. The van der Waals surface area contributed by atoms with Crippen LogP contribution in [0.4, 0.5) is 0 Å². The van der Waals surface area contributed by atoms with Crippen molar-refractivity contribution in [2.75, 3.05) is 0 Å². The molecule has 0 aliphatic heterocycles. The molecule has 1 fully saturated rings. The summed E-state index contributed by atoms with van der Waals surface area (Å²) in [4.78, 5) is 4.63. The van der Waals surface area contributed by atoms with Crippen LogP contribution in [-0.2, 0) is 0 Å². The van der Waals surface area contributed by atoms with Gasteiger partial charge in [0.2, 0.25) is 0 Å². The Bertz CT molecular complexity index is 388. The molecule has 0 saturated heterocycles. The summed E-state index contributed by atoms with van der Waals surface area (Å²) in [6.45, 7) is 0. The van der Waals surface area contributed by atoms with Crippen molar-refractivity contribution < 1.29 is 0 Å². The Kier molecular flexibility index (Phi) is 3.77. The second kappa shape index (κ2) is 5.51. The third-order valence-corrected chi connectivity index (χ3v) is 3.09. The van der Waals surface area contributed by atoms with Crippen LogP contribution in [0.1, 0.15) is 43.2 Å². The van der Waals surface area contributed by atoms with Gasteiger partial charge in [0.05, 0.1) is 0 Å². The van der Waals surface area contributed by atoms with E-state index < -0.39 is 0 Å². The molecule has 0 amide bonds. The number of hydrogen-bond donors (Lipinski definition) is 0. The van der Waals surface area contributed by atoms with E-state index in [0.29, 0.717) is 6.04 Å². The average Bonchev–Trinajstić information content (AvgIpc) is 2.38. The Labute approximate surface area is 97.6 Å². The van der Waals surface area contributed by atoms with Crippen molar-refractivity contribution in [2.24, 2.45) is 4.99 Å². The molecule has 16 heavy (non-hydrogen) atoms. The minimum atomic E-state index is 0.543. The number of terminal acetylenes is 1. The smallest absolute Gasteiger partial charge is 0.0499 e. The predicted octanol–water partition coefficient (Wildman–Crippen LogP) is 3.42. The van der Waals surface area contributed by atoms with Gasteiger partial charge in [-0.25, -0.2) is 0 Å². The van der Waals surface area contributed by atoms with Gasteiger partial charge < -0.3 is 0 Å². The maximum Gasteiger partial charge on any atom is 0.0499 e. The third kappa shape index (κ3) is 2.97. The zero-order valence-corrected chi connectivity index (χ0v) is 9.52. The van der Waals surface area contributed by atoms with Gasteiger partial charge in [0.25, 0.3) is 0 Å². The van der Waals surface area contributed by atoms with Crippen molar-refractivity contribution in [3.05, 3.63) is 35.4 Å². The number of rotatable bonds is 2. The second-order valence-electron chi connectivity index (χ2n) is 4.34. The zero-order valence-electron chi connectivity index (χ0n) is 9.52. The molecule has 1 aliphatic carbocycles. The van der Waals surface area contributed by atoms with Crippen LogP contribution in [0, 0.1) is 12.3 Å². The summed E-state index contributed by atoms with van der Waals surface area (Å²) in [7, 11) is 0. The molecule has 0 aromatic heterocycles. The summed E-state index contributed by atoms with van der Waals surface area (Å²) in [6, 6.07) is 8.52. The average molecular weight is 211 g/mol. The largest absolute Gasteiger partial charge is 0.289 e. The van der Waals surface area contributed by atoms with E-state index in [9.17, 15) is 0 Å². The van der Waals surface area contributed by atoms with Crippen molar-refractivity contribution in [3.8, 4) is 12.3 Å². The Hall–Kier alpha value is -1.55. The van der Waals surface area contributed by atoms with Crippen molar-refractivity contribution in [1.29, 1.82) is 0 Å². The fourth-order valence-electron chi connectivity index (χ4n) is 2.09. The first-order valence-corrected chi connectivity index (χ1v) is 5.98. The monoisotopic (exact) mass is 211 g/mol. The van der Waals surface area contributed by atoms with E-state index in [1.807, 2.05) is 30.5 Å². The van der Waals surface area contributed by atoms with E-state index in [4.69, 9.17) is 6.42 Å². The molecule has 1 aromatic carbocycles. The molecular formula is C15H17N. The molecule has 2 rings (SSSR count). The minimum absolute atomic E-state index is 0.543. The maximum absolute atomic E-state index is 5.31. The Morgan fingerprint density at radius 1 is 1.12 bits per heavy atom. The minimum Gasteiger partial charge on any atom is -0.289 e. The summed E-state index contributed by atoms with van der Waals surface area (Å²) in [6.07, 6.45) is 13.8. The first-order chi connectivity index (χ1) is 7.88. The normalized spacial score (nSPS) is 17.4. The Balaban J connectivity index is 1.97. The lowest BCUT2D eigenvalue weighted by Crippen LogP contribution is -2.09. The first kappa shape index (κ1) is 11.0. The van der Waals surface area contributed by atoms with Crippen LogP contribution in [0.25, 0.3) is 0 Å². The number of aliphatic imine (C=N–C) groups is 1. The van der Waals surface area contributed by atoms with Crippen molar-refractivity contribution in [3.63, 3.8) is 0 Å². The van der Waals surface area contributed by atoms with Crippen LogP contribution < -0.4 is 0 Å². The maximum atomic E-state index is 5.31. The van der Waals surface area contributed by atoms with Gasteiger partial charge >= 0.3 is 0 Å². The summed E-state index contributed by atoms with van der Waals surface area (Å²) >= 11 is 0. The highest BCUT2D eigenvalue weighted by atomic mass is 14.8. The molecule has 1 heteroatoms. The highest BCUT2D eigenvalue weighted by molar-refractivity contribution is 5.79. The molecule has 0 unspecified atom stereocenters. The fourth-order valence-corrected chi connectivity index (χ4v) is 2.09. The molecule has 0 radical (unpaired) electrons. The molecular weight excluding hydrogens is 194 g/mol. The van der Waals surface area contributed by atoms with Gasteiger partial charge in [-0.15, -0.1) is 6.42 Å². The summed E-state index contributed by atoms with van der Waals surface area (Å²) in [5, 5.41) is 0. The van der Waals surface area contributed by atoms with Gasteiger partial charge in [0.15, 0.2) is 0 Å². The highest BCUT2D eigenvalue weighted by Gasteiger charge is 2.10. The van der Waals surface area contributed by atoms with Crippen molar-refractivity contribution in [2.45, 2.75) is 38.1 Å². The standard InChI is InChI=1S/C15H17N/c1-2-13-8-10-14(11-9-13)12-16-15-6-4-3-5-7-15/h1,8-12,15H,3-7H2. The van der Waals surface area contributed by atoms with Gasteiger partial charge in [0, 0.05) is 17.8 Å². The molecule has 1 aromatic rings. The Morgan fingerprint density at radius 2 is 1.81 bits per heavy atom. The van der Waals surface area contributed by atoms with E-state index in [0.717, 1.165) is 11.1 Å². The van der Waals surface area contributed by atoms with Crippen molar-refractivity contribution in [1.82, 2.24) is 0 Å². The van der Waals surface area contributed by atoms with E-state index in [1.54, 1.807) is 0 Å². The topological polar surface area (TPSA) is 12.4 Å². The van der Waals surface area contributed by atoms with Crippen LogP contribution in [0.3, 0.4) is 0 Å². The molecule has 1 saturated carbocycles. The lowest BCUT2D eigenvalue weighted by atomic mass is 9.96. The molecule has 0 spiro atoms. The van der Waals surface area contributed by atoms with E-state index in [-0.39, 0.29) is 0 Å². The molecule has 0 bridgehead atoms. The van der Waals surface area contributed by atoms with Gasteiger partial charge in [-0.2, -0.15) is 0 Å². The van der Waals surface area contributed by atoms with Gasteiger partial charge in [-0.3, -0.25) is 4.99 Å². The van der Waals surface area contributed by atoms with E-state index in [2.05, 4.69) is 10.9 Å². The lowest BCUT2D eigenvalue weighted by Gasteiger charge is -2.17. The number of benzene rings is 1. The molecule has 0 atom stereocenters. The Morgan fingerprint density at radius 3 is 2.44 bits per heavy atom. The quantitative estimate of drug-likeness (QED) is 0.525. The van der Waals surface area contributed by atoms with Crippen LogP contribution in [0.15, 0.2) is 29.3 Å². The van der Waals surface area contributed by atoms with E-state index >= 15 is 0 Å². The number of nitrogens with zero attached hydrogens (tertiary/aromatic N) is 1. The van der Waals surface area contributed by atoms with Crippen LogP contribution >= 0.6 is 0 Å². The molecule has 82 valence electrons. The first-order valence-electron chi connectivity index (χ1n) is 5.98. The molecule has 1 nitrogen and oxygen atoms in total. The summed E-state index contributed by atoms with van der Waals surface area (Å²) in [5.74, 6) is 2.62. The SMILES string of the molecule is C#Cc1ccc(C=NC2CCCCC2)cc1. The summed E-state index contributed by atoms with van der Waals surface area (Å²) < 4.78 is 0. The fraction of sp³-hybridized carbons (Fsp3) is 0.400. The van der Waals surface area contributed by atoms with Crippen LogP contribution in [0.2, 0.25) is 0 Å². The molecule has 0 heterocycles. The van der Waals surface area contributed by atoms with Gasteiger partial charge in [0.1, 0.15) is 0 Å². The molecule has 1 aliphatic rings. The molecule has 0 N–H and O–H groups in total. The predicted molar refractivity (Wildman–Crippen MR) is 68.8 cm³/mol.